The normalized spacial score (nSPS) is 28.1. The molecule has 0 saturated carbocycles. The number of nitrogens with zero attached hydrogens (tertiary/aromatic N) is 4. The highest BCUT2D eigenvalue weighted by Crippen LogP contribution is 2.35. The third-order valence-corrected chi connectivity index (χ3v) is 5.80. The van der Waals surface area contributed by atoms with E-state index in [2.05, 4.69) is 28.6 Å². The average molecular weight is 364 g/mol. The molecule has 4 atom stereocenters. The lowest BCUT2D eigenvalue weighted by Crippen LogP contribution is -2.49. The van der Waals surface area contributed by atoms with Crippen molar-refractivity contribution in [3.8, 4) is 0 Å². The Labute approximate surface area is 156 Å². The fourth-order valence-electron chi connectivity index (χ4n) is 4.40. The van der Waals surface area contributed by atoms with Gasteiger partial charge >= 0.3 is 6.03 Å². The van der Waals surface area contributed by atoms with Gasteiger partial charge in [0.05, 0.1) is 18.3 Å². The predicted molar refractivity (Wildman–Crippen MR) is 101 cm³/mol. The zero-order chi connectivity index (χ0) is 18.7. The lowest BCUT2D eigenvalue weighted by Gasteiger charge is -2.40. The van der Waals surface area contributed by atoms with E-state index < -0.39 is 0 Å². The van der Waals surface area contributed by atoms with Crippen molar-refractivity contribution in [1.82, 2.24) is 24.9 Å². The third-order valence-electron chi connectivity index (χ3n) is 5.80. The molecule has 146 valence electrons. The molecule has 0 spiro atoms. The maximum absolute atomic E-state index is 12.6. The van der Waals surface area contributed by atoms with Crippen LogP contribution in [0, 0.1) is 5.92 Å². The zero-order valence-corrected chi connectivity index (χ0v) is 16.5. The van der Waals surface area contributed by atoms with Gasteiger partial charge in [0.1, 0.15) is 0 Å². The van der Waals surface area contributed by atoms with Crippen molar-refractivity contribution in [3.63, 3.8) is 0 Å². The summed E-state index contributed by atoms with van der Waals surface area (Å²) in [7, 11) is 6.02. The Bertz CT molecular complexity index is 599. The van der Waals surface area contributed by atoms with Crippen LogP contribution in [0.1, 0.15) is 44.2 Å². The number of likely N-dealkylation sites (tertiary alicyclic amines) is 1. The van der Waals surface area contributed by atoms with Crippen molar-refractivity contribution in [3.05, 3.63) is 18.0 Å². The average Bonchev–Trinajstić information content (AvgIpc) is 3.26. The van der Waals surface area contributed by atoms with Gasteiger partial charge in [-0.2, -0.15) is 5.10 Å². The summed E-state index contributed by atoms with van der Waals surface area (Å²) in [5, 5.41) is 7.45. The van der Waals surface area contributed by atoms with E-state index in [0.717, 1.165) is 39.0 Å². The fraction of sp³-hybridized carbons (Fsp3) is 0.789. The van der Waals surface area contributed by atoms with Crippen LogP contribution in [0.3, 0.4) is 0 Å². The van der Waals surface area contributed by atoms with Crippen molar-refractivity contribution in [1.29, 1.82) is 0 Å². The Kier molecular flexibility index (Phi) is 6.19. The first-order chi connectivity index (χ1) is 12.5. The van der Waals surface area contributed by atoms with Crippen LogP contribution >= 0.6 is 0 Å². The smallest absolute Gasteiger partial charge is 0.317 e. The number of carbonyl (C=O) groups excluding carboxylic acids is 1. The summed E-state index contributed by atoms with van der Waals surface area (Å²) < 4.78 is 7.54. The number of ether oxygens (including phenoxy) is 1. The summed E-state index contributed by atoms with van der Waals surface area (Å²) in [6, 6.07) is 0.352. The van der Waals surface area contributed by atoms with Gasteiger partial charge in [-0.05, 0) is 52.1 Å². The number of aromatic nitrogens is 2. The van der Waals surface area contributed by atoms with E-state index in [1.54, 1.807) is 0 Å². The molecule has 2 fully saturated rings. The van der Waals surface area contributed by atoms with Crippen LogP contribution < -0.4 is 5.32 Å². The second kappa shape index (κ2) is 8.39. The molecule has 0 unspecified atom stereocenters. The Hall–Kier alpha value is -1.60. The molecule has 2 saturated heterocycles. The minimum absolute atomic E-state index is 0.00818. The van der Waals surface area contributed by atoms with Crippen molar-refractivity contribution < 1.29 is 9.53 Å². The molecule has 26 heavy (non-hydrogen) atoms. The number of hydrogen-bond donors (Lipinski definition) is 1. The Morgan fingerprint density at radius 3 is 2.88 bits per heavy atom. The van der Waals surface area contributed by atoms with Crippen LogP contribution in [-0.4, -0.2) is 71.5 Å². The topological polar surface area (TPSA) is 62.6 Å². The SMILES string of the molecule is C[C@@H](NC(=O)N(C)C[C@@H]1CCCN(C)[C@H]1c1cnn(C)c1)[C@H]1CCCO1. The van der Waals surface area contributed by atoms with Crippen LogP contribution in [0.15, 0.2) is 12.4 Å². The molecular formula is C19H33N5O2. The van der Waals surface area contributed by atoms with Crippen LogP contribution in [0.2, 0.25) is 0 Å². The highest BCUT2D eigenvalue weighted by Gasteiger charge is 2.33. The van der Waals surface area contributed by atoms with Crippen molar-refractivity contribution >= 4 is 6.03 Å². The largest absolute Gasteiger partial charge is 0.376 e. The number of amides is 2. The van der Waals surface area contributed by atoms with E-state index >= 15 is 0 Å². The molecule has 3 heterocycles. The molecule has 3 rings (SSSR count). The van der Waals surface area contributed by atoms with Gasteiger partial charge in [-0.25, -0.2) is 4.79 Å². The Morgan fingerprint density at radius 1 is 1.42 bits per heavy atom. The molecule has 0 radical (unpaired) electrons. The highest BCUT2D eigenvalue weighted by atomic mass is 16.5. The molecule has 7 nitrogen and oxygen atoms in total. The molecule has 0 bridgehead atoms. The Morgan fingerprint density at radius 2 is 2.23 bits per heavy atom. The molecule has 2 amide bonds. The lowest BCUT2D eigenvalue weighted by atomic mass is 9.86. The Balaban J connectivity index is 1.60. The number of piperidine rings is 1. The number of urea groups is 1. The van der Waals surface area contributed by atoms with E-state index in [0.29, 0.717) is 12.0 Å². The van der Waals surface area contributed by atoms with Crippen LogP contribution in [0.25, 0.3) is 0 Å². The first kappa shape index (κ1) is 19.2. The fourth-order valence-corrected chi connectivity index (χ4v) is 4.40. The molecule has 2 aliphatic heterocycles. The number of hydrogen-bond acceptors (Lipinski definition) is 4. The van der Waals surface area contributed by atoms with E-state index in [-0.39, 0.29) is 18.2 Å². The first-order valence-electron chi connectivity index (χ1n) is 9.77. The summed E-state index contributed by atoms with van der Waals surface area (Å²) >= 11 is 0. The highest BCUT2D eigenvalue weighted by molar-refractivity contribution is 5.74. The molecule has 1 N–H and O–H groups in total. The number of carbonyl (C=O) groups is 1. The number of rotatable bonds is 5. The van der Waals surface area contributed by atoms with Gasteiger partial charge in [-0.1, -0.05) is 0 Å². The summed E-state index contributed by atoms with van der Waals surface area (Å²) in [6.45, 7) is 4.67. The number of aryl methyl sites for hydroxylation is 1. The molecule has 1 aromatic heterocycles. The van der Waals surface area contributed by atoms with Crippen molar-refractivity contribution in [2.45, 2.75) is 50.8 Å². The van der Waals surface area contributed by atoms with E-state index in [1.165, 1.54) is 12.0 Å². The van der Waals surface area contributed by atoms with E-state index in [4.69, 9.17) is 4.74 Å². The van der Waals surface area contributed by atoms with E-state index in [1.807, 2.05) is 36.8 Å². The van der Waals surface area contributed by atoms with Gasteiger partial charge in [0.15, 0.2) is 0 Å². The second-order valence-electron chi connectivity index (χ2n) is 7.95. The van der Waals surface area contributed by atoms with Gasteiger partial charge < -0.3 is 15.0 Å². The minimum Gasteiger partial charge on any atom is -0.376 e. The lowest BCUT2D eigenvalue weighted by molar-refractivity contribution is 0.0793. The quantitative estimate of drug-likeness (QED) is 0.869. The monoisotopic (exact) mass is 363 g/mol. The van der Waals surface area contributed by atoms with Gasteiger partial charge in [0.25, 0.3) is 0 Å². The van der Waals surface area contributed by atoms with Crippen LogP contribution in [0.5, 0.6) is 0 Å². The molecule has 7 heteroatoms. The summed E-state index contributed by atoms with van der Waals surface area (Å²) in [5.74, 6) is 0.409. The second-order valence-corrected chi connectivity index (χ2v) is 7.95. The van der Waals surface area contributed by atoms with Crippen molar-refractivity contribution in [2.75, 3.05) is 33.8 Å². The molecule has 0 aromatic carbocycles. The van der Waals surface area contributed by atoms with Crippen molar-refractivity contribution in [2.24, 2.45) is 13.0 Å². The maximum Gasteiger partial charge on any atom is 0.317 e. The standard InChI is InChI=1S/C19H33N5O2/c1-14(17-8-6-10-26-17)21-19(25)23(3)12-15-7-5-9-22(2)18(15)16-11-20-24(4)13-16/h11,13-15,17-18H,5-10,12H2,1-4H3,(H,21,25)/t14-,15+,17-,18-/m1/s1. The number of nitrogens with one attached hydrogen (secondary N) is 1. The molecule has 2 aliphatic rings. The third kappa shape index (κ3) is 4.38. The summed E-state index contributed by atoms with van der Waals surface area (Å²) in [4.78, 5) is 16.9. The first-order valence-corrected chi connectivity index (χ1v) is 9.77. The molecule has 0 aliphatic carbocycles. The zero-order valence-electron chi connectivity index (χ0n) is 16.5. The summed E-state index contributed by atoms with van der Waals surface area (Å²) in [6.07, 6.45) is 8.61. The van der Waals surface area contributed by atoms with Gasteiger partial charge in [0, 0.05) is 45.0 Å². The van der Waals surface area contributed by atoms with Gasteiger partial charge in [-0.3, -0.25) is 9.58 Å². The minimum atomic E-state index is -0.00818. The molecular weight excluding hydrogens is 330 g/mol. The van der Waals surface area contributed by atoms with Crippen LogP contribution in [0.4, 0.5) is 4.79 Å². The molecule has 1 aromatic rings. The van der Waals surface area contributed by atoms with E-state index in [9.17, 15) is 4.79 Å². The summed E-state index contributed by atoms with van der Waals surface area (Å²) in [5.41, 5.74) is 1.24. The van der Waals surface area contributed by atoms with Gasteiger partial charge in [0.2, 0.25) is 0 Å². The maximum atomic E-state index is 12.6. The predicted octanol–water partition coefficient (Wildman–Crippen LogP) is 2.01. The van der Waals surface area contributed by atoms with Gasteiger partial charge in [-0.15, -0.1) is 0 Å². The van der Waals surface area contributed by atoms with Crippen LogP contribution in [-0.2, 0) is 11.8 Å².